The first-order chi connectivity index (χ1) is 8.93. The zero-order valence-corrected chi connectivity index (χ0v) is 11.5. The number of aliphatic carboxylic acids is 1. The lowest BCUT2D eigenvalue weighted by Crippen LogP contribution is -2.35. The second-order valence-corrected chi connectivity index (χ2v) is 4.58. The second kappa shape index (κ2) is 6.78. The third-order valence-electron chi connectivity index (χ3n) is 3.12. The molecule has 1 aromatic carbocycles. The number of hydrogen-bond donors (Lipinski definition) is 3. The van der Waals surface area contributed by atoms with Gasteiger partial charge in [-0.25, -0.2) is 4.79 Å². The second-order valence-electron chi connectivity index (χ2n) is 4.58. The first kappa shape index (κ1) is 15.0. The lowest BCUT2D eigenvalue weighted by atomic mass is 10.1. The molecule has 1 atom stereocenters. The maximum atomic E-state index is 11.6. The molecule has 0 heterocycles. The first-order valence-corrected chi connectivity index (χ1v) is 6.29. The number of carboxylic acid groups (broad SMARTS) is 1. The van der Waals surface area contributed by atoms with E-state index in [4.69, 9.17) is 5.11 Å². The van der Waals surface area contributed by atoms with E-state index in [1.165, 1.54) is 0 Å². The van der Waals surface area contributed by atoms with Gasteiger partial charge in [0.25, 0.3) is 0 Å². The average Bonchev–Trinajstić information content (AvgIpc) is 2.34. The molecule has 0 fully saturated rings. The molecule has 1 unspecified atom stereocenters. The van der Waals surface area contributed by atoms with Crippen LogP contribution in [0.5, 0.6) is 0 Å². The number of carbonyl (C=O) groups excluding carboxylic acids is 1. The number of urea groups is 1. The number of hydrogen-bond acceptors (Lipinski definition) is 2. The minimum atomic E-state index is -0.894. The van der Waals surface area contributed by atoms with Crippen LogP contribution in [0.1, 0.15) is 24.5 Å². The molecule has 0 aromatic heterocycles. The van der Waals surface area contributed by atoms with Gasteiger partial charge in [0.15, 0.2) is 0 Å². The van der Waals surface area contributed by atoms with E-state index in [1.54, 1.807) is 6.92 Å². The van der Waals surface area contributed by atoms with Crippen LogP contribution in [0, 0.1) is 19.8 Å². The minimum absolute atomic E-state index is 0.127. The monoisotopic (exact) mass is 264 g/mol. The number of amides is 2. The molecule has 0 radical (unpaired) electrons. The summed E-state index contributed by atoms with van der Waals surface area (Å²) in [6.45, 7) is 5.87. The number of anilines is 1. The molecule has 2 amide bonds. The zero-order valence-electron chi connectivity index (χ0n) is 11.5. The fraction of sp³-hybridized carbons (Fsp3) is 0.429. The summed E-state index contributed by atoms with van der Waals surface area (Å²) in [5.41, 5.74) is 2.95. The Morgan fingerprint density at radius 3 is 2.47 bits per heavy atom. The molecule has 104 valence electrons. The molecule has 3 N–H and O–H groups in total. The van der Waals surface area contributed by atoms with Gasteiger partial charge in [-0.05, 0) is 43.5 Å². The van der Waals surface area contributed by atoms with Crippen molar-refractivity contribution in [2.75, 3.05) is 11.9 Å². The number of benzene rings is 1. The van der Waals surface area contributed by atoms with Crippen molar-refractivity contribution < 1.29 is 14.7 Å². The zero-order chi connectivity index (χ0) is 14.4. The van der Waals surface area contributed by atoms with Crippen LogP contribution in [0.25, 0.3) is 0 Å². The summed E-state index contributed by atoms with van der Waals surface area (Å²) in [7, 11) is 0. The van der Waals surface area contributed by atoms with Gasteiger partial charge in [-0.1, -0.05) is 13.0 Å². The molecule has 0 bridgehead atoms. The van der Waals surface area contributed by atoms with Crippen molar-refractivity contribution in [3.63, 3.8) is 0 Å². The van der Waals surface area contributed by atoms with Crippen LogP contribution in [0.4, 0.5) is 10.5 Å². The Hall–Kier alpha value is -2.04. The molecular weight excluding hydrogens is 244 g/mol. The molecular formula is C14H20N2O3. The van der Waals surface area contributed by atoms with Crippen LogP contribution in [0.3, 0.4) is 0 Å². The van der Waals surface area contributed by atoms with E-state index in [1.807, 2.05) is 32.0 Å². The van der Waals surface area contributed by atoms with Crippen molar-refractivity contribution in [3.05, 3.63) is 29.3 Å². The van der Waals surface area contributed by atoms with Gasteiger partial charge in [0, 0.05) is 12.2 Å². The maximum Gasteiger partial charge on any atom is 0.319 e. The van der Waals surface area contributed by atoms with E-state index >= 15 is 0 Å². The molecule has 0 aliphatic carbocycles. The smallest absolute Gasteiger partial charge is 0.319 e. The van der Waals surface area contributed by atoms with E-state index in [0.717, 1.165) is 11.1 Å². The van der Waals surface area contributed by atoms with Gasteiger partial charge in [0.2, 0.25) is 0 Å². The van der Waals surface area contributed by atoms with E-state index in [-0.39, 0.29) is 12.6 Å². The molecule has 0 saturated carbocycles. The summed E-state index contributed by atoms with van der Waals surface area (Å²) < 4.78 is 0. The van der Waals surface area contributed by atoms with Gasteiger partial charge in [0.1, 0.15) is 0 Å². The molecule has 0 saturated heterocycles. The molecule has 1 rings (SSSR count). The molecule has 5 heteroatoms. The van der Waals surface area contributed by atoms with Gasteiger partial charge in [-0.2, -0.15) is 0 Å². The van der Waals surface area contributed by atoms with Crippen LogP contribution < -0.4 is 10.6 Å². The Morgan fingerprint density at radius 1 is 1.26 bits per heavy atom. The van der Waals surface area contributed by atoms with Crippen molar-refractivity contribution in [3.8, 4) is 0 Å². The van der Waals surface area contributed by atoms with Crippen molar-refractivity contribution in [1.82, 2.24) is 5.32 Å². The van der Waals surface area contributed by atoms with Gasteiger partial charge < -0.3 is 15.7 Å². The van der Waals surface area contributed by atoms with Gasteiger partial charge in [-0.15, -0.1) is 0 Å². The van der Waals surface area contributed by atoms with Gasteiger partial charge in [-0.3, -0.25) is 4.79 Å². The third-order valence-corrected chi connectivity index (χ3v) is 3.12. The van der Waals surface area contributed by atoms with Gasteiger partial charge >= 0.3 is 12.0 Å². The van der Waals surface area contributed by atoms with Crippen LogP contribution >= 0.6 is 0 Å². The molecule has 1 aromatic rings. The highest BCUT2D eigenvalue weighted by Crippen LogP contribution is 2.13. The van der Waals surface area contributed by atoms with E-state index in [2.05, 4.69) is 10.6 Å². The largest absolute Gasteiger partial charge is 0.481 e. The molecule has 0 aliphatic heterocycles. The van der Waals surface area contributed by atoms with E-state index in [0.29, 0.717) is 12.1 Å². The number of nitrogens with one attached hydrogen (secondary N) is 2. The molecule has 19 heavy (non-hydrogen) atoms. The normalized spacial score (nSPS) is 11.7. The first-order valence-electron chi connectivity index (χ1n) is 6.29. The lowest BCUT2D eigenvalue weighted by Gasteiger charge is -2.12. The van der Waals surface area contributed by atoms with Crippen molar-refractivity contribution in [2.45, 2.75) is 27.2 Å². The lowest BCUT2D eigenvalue weighted by molar-refractivity contribution is -0.141. The van der Waals surface area contributed by atoms with Crippen molar-refractivity contribution >= 4 is 17.7 Å². The minimum Gasteiger partial charge on any atom is -0.481 e. The van der Waals surface area contributed by atoms with Gasteiger partial charge in [0.05, 0.1) is 5.92 Å². The Morgan fingerprint density at radius 2 is 1.95 bits per heavy atom. The summed E-state index contributed by atoms with van der Waals surface area (Å²) >= 11 is 0. The quantitative estimate of drug-likeness (QED) is 0.764. The maximum absolute atomic E-state index is 11.6. The molecule has 0 spiro atoms. The predicted octanol–water partition coefficient (Wildman–Crippen LogP) is 2.54. The van der Waals surface area contributed by atoms with E-state index < -0.39 is 11.9 Å². The summed E-state index contributed by atoms with van der Waals surface area (Å²) in [5, 5.41) is 14.1. The predicted molar refractivity (Wildman–Crippen MR) is 74.4 cm³/mol. The van der Waals surface area contributed by atoms with Crippen LogP contribution in [0.2, 0.25) is 0 Å². The fourth-order valence-electron chi connectivity index (χ4n) is 1.62. The summed E-state index contributed by atoms with van der Waals surface area (Å²) in [6.07, 6.45) is 0.485. The highest BCUT2D eigenvalue weighted by Gasteiger charge is 2.15. The van der Waals surface area contributed by atoms with Crippen LogP contribution in [-0.2, 0) is 4.79 Å². The van der Waals surface area contributed by atoms with Crippen LogP contribution in [-0.4, -0.2) is 23.7 Å². The Kier molecular flexibility index (Phi) is 5.36. The Labute approximate surface area is 113 Å². The number of carboxylic acids is 1. The van der Waals surface area contributed by atoms with Crippen molar-refractivity contribution in [1.29, 1.82) is 0 Å². The SMILES string of the molecule is CCC(CNC(=O)Nc1ccc(C)c(C)c1)C(=O)O. The highest BCUT2D eigenvalue weighted by atomic mass is 16.4. The number of aryl methyl sites for hydroxylation is 2. The van der Waals surface area contributed by atoms with Crippen LogP contribution in [0.15, 0.2) is 18.2 Å². The highest BCUT2D eigenvalue weighted by molar-refractivity contribution is 5.89. The molecule has 5 nitrogen and oxygen atoms in total. The average molecular weight is 264 g/mol. The Balaban J connectivity index is 2.51. The topological polar surface area (TPSA) is 78.4 Å². The number of carbonyl (C=O) groups is 2. The summed E-state index contributed by atoms with van der Waals surface area (Å²) in [4.78, 5) is 22.4. The summed E-state index contributed by atoms with van der Waals surface area (Å²) in [5.74, 6) is -1.44. The summed E-state index contributed by atoms with van der Waals surface area (Å²) in [6, 6.07) is 5.24. The molecule has 0 aliphatic rings. The van der Waals surface area contributed by atoms with Crippen molar-refractivity contribution in [2.24, 2.45) is 5.92 Å². The van der Waals surface area contributed by atoms with E-state index in [9.17, 15) is 9.59 Å². The standard InChI is InChI=1S/C14H20N2O3/c1-4-11(13(17)18)8-15-14(19)16-12-6-5-9(2)10(3)7-12/h5-7,11H,4,8H2,1-3H3,(H,17,18)(H2,15,16,19). The third kappa shape index (κ3) is 4.62. The number of rotatable bonds is 5. The fourth-order valence-corrected chi connectivity index (χ4v) is 1.62. The Bertz CT molecular complexity index is 472.